The molecule has 0 bridgehead atoms. The first-order chi connectivity index (χ1) is 15.5. The third-order valence-corrected chi connectivity index (χ3v) is 7.67. The van der Waals surface area contributed by atoms with E-state index in [2.05, 4.69) is 11.3 Å². The van der Waals surface area contributed by atoms with Crippen LogP contribution in [0.15, 0.2) is 35.4 Å². The molecule has 1 aliphatic heterocycles. The van der Waals surface area contributed by atoms with Gasteiger partial charge in [0.05, 0.1) is 26.5 Å². The van der Waals surface area contributed by atoms with Gasteiger partial charge in [-0.15, -0.1) is 0 Å². The maximum Gasteiger partial charge on any atom is 0.349 e. The molecule has 0 spiro atoms. The number of rotatable bonds is 11. The Morgan fingerprint density at radius 2 is 1.76 bits per heavy atom. The number of likely N-dealkylation sites (N-methyl/N-ethyl adjacent to an activating group) is 1. The molecule has 0 amide bonds. The molecule has 1 fully saturated rings. The van der Waals surface area contributed by atoms with Gasteiger partial charge in [-0.25, -0.2) is 13.2 Å². The van der Waals surface area contributed by atoms with Gasteiger partial charge in [-0.2, -0.15) is 23.5 Å². The van der Waals surface area contributed by atoms with Crippen molar-refractivity contribution in [1.29, 1.82) is 0 Å². The van der Waals surface area contributed by atoms with E-state index in [0.717, 1.165) is 30.9 Å². The second-order valence-corrected chi connectivity index (χ2v) is 11.3. The summed E-state index contributed by atoms with van der Waals surface area (Å²) in [5, 5.41) is 0. The second kappa shape index (κ2) is 15.1. The Balaban J connectivity index is 2.32. The molecule has 33 heavy (non-hydrogen) atoms. The number of sulfone groups is 1. The predicted molar refractivity (Wildman–Crippen MR) is 131 cm³/mol. The molecule has 1 saturated heterocycles. The lowest BCUT2D eigenvalue weighted by Crippen LogP contribution is -2.25. The van der Waals surface area contributed by atoms with Crippen LogP contribution < -0.4 is 0 Å². The molecule has 0 N–H and O–H groups in total. The molecular weight excluding hydrogens is 490 g/mol. The quantitative estimate of drug-likeness (QED) is 0.130. The third kappa shape index (κ3) is 12.8. The van der Waals surface area contributed by atoms with Crippen LogP contribution in [-0.2, 0) is 38.4 Å². The van der Waals surface area contributed by atoms with E-state index in [0.29, 0.717) is 18.1 Å². The molecule has 0 aromatic carbocycles. The molecule has 0 atom stereocenters. The van der Waals surface area contributed by atoms with Gasteiger partial charge < -0.3 is 19.1 Å². The molecule has 1 aliphatic rings. The number of esters is 3. The van der Waals surface area contributed by atoms with Gasteiger partial charge in [0, 0.05) is 36.3 Å². The highest BCUT2D eigenvalue weighted by molar-refractivity contribution is 8.01. The van der Waals surface area contributed by atoms with Crippen LogP contribution in [0.2, 0.25) is 0 Å². The highest BCUT2D eigenvalue weighted by Crippen LogP contribution is 2.21. The fourth-order valence-electron chi connectivity index (χ4n) is 2.45. The summed E-state index contributed by atoms with van der Waals surface area (Å²) in [4.78, 5) is 36.6. The van der Waals surface area contributed by atoms with Crippen LogP contribution in [0, 0.1) is 0 Å². The van der Waals surface area contributed by atoms with Crippen LogP contribution >= 0.6 is 23.5 Å². The van der Waals surface area contributed by atoms with Gasteiger partial charge in [-0.1, -0.05) is 12.2 Å². The van der Waals surface area contributed by atoms with Crippen LogP contribution in [0.25, 0.3) is 0 Å². The van der Waals surface area contributed by atoms with E-state index in [1.165, 1.54) is 17.8 Å². The Bertz CT molecular complexity index is 855. The predicted octanol–water partition coefficient (Wildman–Crippen LogP) is 1.80. The van der Waals surface area contributed by atoms with Crippen molar-refractivity contribution in [3.05, 3.63) is 35.4 Å². The van der Waals surface area contributed by atoms with Gasteiger partial charge in [-0.3, -0.25) is 9.59 Å². The van der Waals surface area contributed by atoms with Crippen molar-refractivity contribution in [3.8, 4) is 0 Å². The summed E-state index contributed by atoms with van der Waals surface area (Å²) in [6.07, 6.45) is 4.68. The first kappa shape index (κ1) is 29.1. The molecule has 1 heterocycles. The zero-order valence-corrected chi connectivity index (χ0v) is 21.6. The zero-order valence-electron chi connectivity index (χ0n) is 19.1. The maximum absolute atomic E-state index is 12.0. The van der Waals surface area contributed by atoms with Gasteiger partial charge in [-0.05, 0) is 18.4 Å². The van der Waals surface area contributed by atoms with E-state index in [9.17, 15) is 22.8 Å². The number of nitrogens with zero attached hydrogens (tertiary/aromatic N) is 1. The monoisotopic (exact) mass is 521 g/mol. The smallest absolute Gasteiger partial charge is 0.349 e. The summed E-state index contributed by atoms with van der Waals surface area (Å²) in [6.45, 7) is 4.38. The molecule has 0 unspecified atom stereocenters. The normalized spacial score (nSPS) is 16.1. The van der Waals surface area contributed by atoms with Gasteiger partial charge >= 0.3 is 17.9 Å². The number of hydrogen-bond donors (Lipinski definition) is 0. The van der Waals surface area contributed by atoms with E-state index in [1.807, 2.05) is 0 Å². The summed E-state index contributed by atoms with van der Waals surface area (Å²) in [5.74, 6) is 1.26. The van der Waals surface area contributed by atoms with E-state index in [-0.39, 0.29) is 25.6 Å². The van der Waals surface area contributed by atoms with Gasteiger partial charge in [0.15, 0.2) is 14.7 Å². The van der Waals surface area contributed by atoms with E-state index in [1.54, 1.807) is 35.5 Å². The molecule has 9 nitrogen and oxygen atoms in total. The second-order valence-electron chi connectivity index (χ2n) is 7.23. The van der Waals surface area contributed by atoms with Crippen LogP contribution in [0.3, 0.4) is 0 Å². The Kier molecular flexibility index (Phi) is 13.3. The third-order valence-electron chi connectivity index (χ3n) is 4.13. The Morgan fingerprint density at radius 1 is 1.15 bits per heavy atom. The lowest BCUT2D eigenvalue weighted by Gasteiger charge is -2.20. The number of ether oxygens (including phenoxy) is 3. The molecule has 1 rings (SSSR count). The molecule has 0 aromatic heterocycles. The molecule has 12 heteroatoms. The number of methoxy groups -OCH3 is 1. The Hall–Kier alpha value is -1.92. The first-order valence-electron chi connectivity index (χ1n) is 10.1. The fraction of sp³-hybridized carbons (Fsp3) is 0.571. The lowest BCUT2D eigenvalue weighted by molar-refractivity contribution is -0.152. The van der Waals surface area contributed by atoms with Crippen molar-refractivity contribution in [3.63, 3.8) is 0 Å². The molecule has 186 valence electrons. The van der Waals surface area contributed by atoms with Crippen molar-refractivity contribution in [2.45, 2.75) is 18.9 Å². The summed E-state index contributed by atoms with van der Waals surface area (Å²) in [6, 6.07) is 0. The molecule has 0 aliphatic carbocycles. The number of carbonyl (C=O) groups is 3. The van der Waals surface area contributed by atoms with Crippen molar-refractivity contribution < 1.29 is 37.0 Å². The molecule has 0 aromatic rings. The lowest BCUT2D eigenvalue weighted by atomic mass is 10.3. The number of allylic oxidation sites excluding steroid dienone is 2. The van der Waals surface area contributed by atoms with Gasteiger partial charge in [0.1, 0.15) is 12.7 Å². The summed E-state index contributed by atoms with van der Waals surface area (Å²) in [5.41, 5.74) is 1.18. The number of hydrogen-bond acceptors (Lipinski definition) is 11. The van der Waals surface area contributed by atoms with E-state index >= 15 is 0 Å². The van der Waals surface area contributed by atoms with Gasteiger partial charge in [0.2, 0.25) is 0 Å². The minimum Gasteiger partial charge on any atom is -0.465 e. The van der Waals surface area contributed by atoms with Crippen molar-refractivity contribution in [2.24, 2.45) is 0 Å². The Labute approximate surface area is 203 Å². The van der Waals surface area contributed by atoms with E-state index < -0.39 is 32.7 Å². The van der Waals surface area contributed by atoms with Crippen LogP contribution in [-0.4, -0.2) is 93.9 Å². The van der Waals surface area contributed by atoms with Crippen LogP contribution in [0.1, 0.15) is 12.8 Å². The summed E-state index contributed by atoms with van der Waals surface area (Å²) < 4.78 is 38.2. The SMILES string of the molecule is C=C1CSCC(OC(=O)CCC(=O)OCCN(C)/C=C/C=C(\C(=O)OC)S(C)(=O)=O)CSC1. The largest absolute Gasteiger partial charge is 0.465 e. The summed E-state index contributed by atoms with van der Waals surface area (Å²) >= 11 is 3.38. The minimum absolute atomic E-state index is 0.0420. The fourth-order valence-corrected chi connectivity index (χ4v) is 5.35. The molecule has 0 radical (unpaired) electrons. The highest BCUT2D eigenvalue weighted by atomic mass is 32.2. The zero-order chi connectivity index (χ0) is 24.9. The van der Waals surface area contributed by atoms with Crippen molar-refractivity contribution >= 4 is 51.3 Å². The average molecular weight is 522 g/mol. The Morgan fingerprint density at radius 3 is 2.33 bits per heavy atom. The van der Waals surface area contributed by atoms with Gasteiger partial charge in [0.25, 0.3) is 0 Å². The maximum atomic E-state index is 12.0. The number of thioether (sulfide) groups is 2. The minimum atomic E-state index is -3.73. The standard InChI is InChI=1S/C21H31NO8S3/c1-16-12-31-14-17(15-32-13-16)30-20(24)8-7-19(23)29-11-10-22(2)9-5-6-18(21(25)28-3)33(4,26)27/h5-6,9,17H,1,7-8,10-15H2,2-4H3/b9-5+,18-6+. The first-order valence-corrected chi connectivity index (χ1v) is 14.3. The topological polar surface area (TPSA) is 116 Å². The van der Waals surface area contributed by atoms with Crippen molar-refractivity contribution in [1.82, 2.24) is 4.90 Å². The molecular formula is C21H31NO8S3. The van der Waals surface area contributed by atoms with Crippen LogP contribution in [0.4, 0.5) is 0 Å². The summed E-state index contributed by atoms with van der Waals surface area (Å²) in [7, 11) is -0.942. The van der Waals surface area contributed by atoms with E-state index in [4.69, 9.17) is 9.47 Å². The molecule has 0 saturated carbocycles. The number of carbonyl (C=O) groups excluding carboxylic acids is 3. The van der Waals surface area contributed by atoms with Crippen molar-refractivity contribution in [2.75, 3.05) is 56.6 Å². The van der Waals surface area contributed by atoms with Crippen LogP contribution in [0.5, 0.6) is 0 Å². The highest BCUT2D eigenvalue weighted by Gasteiger charge is 2.20. The average Bonchev–Trinajstić information content (AvgIpc) is 2.72.